The van der Waals surface area contributed by atoms with E-state index < -0.39 is 9.84 Å². The van der Waals surface area contributed by atoms with Crippen molar-refractivity contribution >= 4 is 44.3 Å². The average molecular weight is 359 g/mol. The van der Waals surface area contributed by atoms with E-state index in [4.69, 9.17) is 11.6 Å². The van der Waals surface area contributed by atoms with E-state index in [1.165, 1.54) is 18.7 Å². The van der Waals surface area contributed by atoms with Crippen LogP contribution in [0.4, 0.5) is 0 Å². The maximum atomic E-state index is 11.9. The molecule has 3 rings (SSSR count). The molecule has 118 valence electrons. The van der Waals surface area contributed by atoms with Gasteiger partial charge in [-0.15, -0.1) is 0 Å². The number of fused-ring (bicyclic) bond motifs is 1. The Hall–Kier alpha value is -1.05. The molecule has 2 saturated heterocycles. The minimum atomic E-state index is -3.03. The second-order valence-corrected chi connectivity index (χ2v) is 9.20. The third kappa shape index (κ3) is 3.16. The van der Waals surface area contributed by atoms with Gasteiger partial charge in [-0.25, -0.2) is 8.42 Å². The summed E-state index contributed by atoms with van der Waals surface area (Å²) in [5.41, 5.74) is 0.894. The SMILES string of the molecule is CC(=O)N=C1S[C@H]2CS(=O)(=O)C[C@@H]2N1Cc1ccccc1Cl. The summed E-state index contributed by atoms with van der Waals surface area (Å²) in [5.74, 6) is -0.0425. The third-order valence-corrected chi connectivity index (χ3v) is 7.34. The summed E-state index contributed by atoms with van der Waals surface area (Å²) in [5, 5.41) is 1.15. The zero-order valence-corrected chi connectivity index (χ0v) is 14.3. The highest BCUT2D eigenvalue weighted by Crippen LogP contribution is 2.39. The van der Waals surface area contributed by atoms with Gasteiger partial charge in [-0.05, 0) is 11.6 Å². The number of halogens is 1. The van der Waals surface area contributed by atoms with Crippen molar-refractivity contribution < 1.29 is 13.2 Å². The van der Waals surface area contributed by atoms with Gasteiger partial charge in [0.2, 0.25) is 5.91 Å². The Bertz CT molecular complexity index is 748. The summed E-state index contributed by atoms with van der Waals surface area (Å²) in [6.07, 6.45) is 0. The predicted molar refractivity (Wildman–Crippen MR) is 88.9 cm³/mol. The smallest absolute Gasteiger partial charge is 0.244 e. The number of carbonyl (C=O) groups is 1. The maximum Gasteiger partial charge on any atom is 0.244 e. The molecule has 0 aromatic heterocycles. The molecule has 0 N–H and O–H groups in total. The van der Waals surface area contributed by atoms with Crippen molar-refractivity contribution in [2.45, 2.75) is 24.8 Å². The minimum absolute atomic E-state index is 0.0643. The Morgan fingerprint density at radius 2 is 2.14 bits per heavy atom. The average Bonchev–Trinajstić information content (AvgIpc) is 2.85. The Kier molecular flexibility index (Phi) is 4.22. The van der Waals surface area contributed by atoms with Gasteiger partial charge >= 0.3 is 0 Å². The second-order valence-electron chi connectivity index (χ2n) is 5.43. The van der Waals surface area contributed by atoms with E-state index in [0.717, 1.165) is 5.56 Å². The summed E-state index contributed by atoms with van der Waals surface area (Å²) in [7, 11) is -3.03. The Balaban J connectivity index is 1.93. The normalized spacial score (nSPS) is 28.1. The summed E-state index contributed by atoms with van der Waals surface area (Å²) >= 11 is 7.57. The Morgan fingerprint density at radius 1 is 1.41 bits per heavy atom. The second kappa shape index (κ2) is 5.86. The number of hydrogen-bond acceptors (Lipinski definition) is 4. The van der Waals surface area contributed by atoms with Crippen molar-refractivity contribution in [2.75, 3.05) is 11.5 Å². The first kappa shape index (κ1) is 15.8. The lowest BCUT2D eigenvalue weighted by atomic mass is 10.1. The summed E-state index contributed by atoms with van der Waals surface area (Å²) < 4.78 is 23.7. The maximum absolute atomic E-state index is 11.9. The van der Waals surface area contributed by atoms with Gasteiger partial charge in [0.15, 0.2) is 15.0 Å². The fourth-order valence-electron chi connectivity index (χ4n) is 2.77. The zero-order valence-electron chi connectivity index (χ0n) is 11.9. The number of aliphatic imine (C=N–C) groups is 1. The fraction of sp³-hybridized carbons (Fsp3) is 0.429. The molecule has 1 aromatic rings. The van der Waals surface area contributed by atoms with Crippen LogP contribution in [0.25, 0.3) is 0 Å². The number of benzene rings is 1. The highest BCUT2D eigenvalue weighted by Gasteiger charge is 2.48. The molecule has 2 atom stereocenters. The van der Waals surface area contributed by atoms with Crippen molar-refractivity contribution in [3.8, 4) is 0 Å². The first-order chi connectivity index (χ1) is 10.4. The van der Waals surface area contributed by atoms with Crippen molar-refractivity contribution in [1.29, 1.82) is 0 Å². The van der Waals surface area contributed by atoms with Crippen molar-refractivity contribution in [1.82, 2.24) is 4.90 Å². The van der Waals surface area contributed by atoms with E-state index in [1.807, 2.05) is 23.1 Å². The molecule has 2 aliphatic heterocycles. The highest BCUT2D eigenvalue weighted by atomic mass is 35.5. The Morgan fingerprint density at radius 3 is 2.82 bits per heavy atom. The molecule has 22 heavy (non-hydrogen) atoms. The van der Waals surface area contributed by atoms with E-state index in [2.05, 4.69) is 4.99 Å². The predicted octanol–water partition coefficient (Wildman–Crippen LogP) is 1.96. The molecular formula is C14H15ClN2O3S2. The van der Waals surface area contributed by atoms with Crippen LogP contribution in [-0.4, -0.2) is 47.2 Å². The van der Waals surface area contributed by atoms with E-state index in [9.17, 15) is 13.2 Å². The molecule has 8 heteroatoms. The minimum Gasteiger partial charge on any atom is -0.342 e. The van der Waals surface area contributed by atoms with Crippen LogP contribution in [0.5, 0.6) is 0 Å². The van der Waals surface area contributed by atoms with Gasteiger partial charge in [0.1, 0.15) is 0 Å². The zero-order chi connectivity index (χ0) is 15.9. The van der Waals surface area contributed by atoms with Crippen LogP contribution in [0.2, 0.25) is 5.02 Å². The van der Waals surface area contributed by atoms with Crippen LogP contribution in [0.15, 0.2) is 29.3 Å². The van der Waals surface area contributed by atoms with Gasteiger partial charge in [-0.2, -0.15) is 4.99 Å². The van der Waals surface area contributed by atoms with Crippen molar-refractivity contribution in [3.63, 3.8) is 0 Å². The highest BCUT2D eigenvalue weighted by molar-refractivity contribution is 8.15. The molecule has 0 bridgehead atoms. The van der Waals surface area contributed by atoms with Crippen LogP contribution in [0.1, 0.15) is 12.5 Å². The lowest BCUT2D eigenvalue weighted by molar-refractivity contribution is -0.115. The monoisotopic (exact) mass is 358 g/mol. The molecule has 5 nitrogen and oxygen atoms in total. The van der Waals surface area contributed by atoms with E-state index in [-0.39, 0.29) is 28.7 Å². The number of sulfone groups is 1. The molecule has 0 spiro atoms. The van der Waals surface area contributed by atoms with Crippen LogP contribution in [0.3, 0.4) is 0 Å². The Labute approximate surface area is 138 Å². The van der Waals surface area contributed by atoms with Crippen LogP contribution in [0, 0.1) is 0 Å². The van der Waals surface area contributed by atoms with Crippen LogP contribution >= 0.6 is 23.4 Å². The standard InChI is InChI=1S/C14H15ClN2O3S2/c1-9(18)16-14-17(6-10-4-2-3-5-11(10)15)12-7-22(19,20)8-13(12)21-14/h2-5,12-13H,6-8H2,1H3/t12-,13-/m0/s1. The molecule has 2 aliphatic rings. The third-order valence-electron chi connectivity index (χ3n) is 3.73. The van der Waals surface area contributed by atoms with E-state index in [0.29, 0.717) is 16.7 Å². The first-order valence-electron chi connectivity index (χ1n) is 6.82. The molecule has 2 fully saturated rings. The number of amidine groups is 1. The quantitative estimate of drug-likeness (QED) is 0.808. The topological polar surface area (TPSA) is 66.8 Å². The largest absolute Gasteiger partial charge is 0.342 e. The van der Waals surface area contributed by atoms with E-state index in [1.54, 1.807) is 6.07 Å². The summed E-state index contributed by atoms with van der Waals surface area (Å²) in [6.45, 7) is 1.85. The number of thioether (sulfide) groups is 1. The molecule has 0 saturated carbocycles. The van der Waals surface area contributed by atoms with Crippen molar-refractivity contribution in [3.05, 3.63) is 34.9 Å². The molecule has 0 aliphatic carbocycles. The number of carbonyl (C=O) groups excluding carboxylic acids is 1. The van der Waals surface area contributed by atoms with Crippen LogP contribution < -0.4 is 0 Å². The molecule has 2 heterocycles. The molecule has 0 unspecified atom stereocenters. The lowest BCUT2D eigenvalue weighted by Crippen LogP contribution is -2.37. The van der Waals surface area contributed by atoms with Crippen LogP contribution in [-0.2, 0) is 21.2 Å². The number of nitrogens with zero attached hydrogens (tertiary/aromatic N) is 2. The number of amides is 1. The summed E-state index contributed by atoms with van der Waals surface area (Å²) in [6, 6.07) is 7.27. The van der Waals surface area contributed by atoms with Crippen molar-refractivity contribution in [2.24, 2.45) is 4.99 Å². The first-order valence-corrected chi connectivity index (χ1v) is 9.90. The number of hydrogen-bond donors (Lipinski definition) is 0. The van der Waals surface area contributed by atoms with Gasteiger partial charge in [0.05, 0.1) is 17.5 Å². The number of rotatable bonds is 2. The molecular weight excluding hydrogens is 344 g/mol. The molecule has 1 amide bonds. The fourth-order valence-corrected chi connectivity index (χ4v) is 6.96. The van der Waals surface area contributed by atoms with Gasteiger partial charge in [0.25, 0.3) is 0 Å². The van der Waals surface area contributed by atoms with Gasteiger partial charge < -0.3 is 4.90 Å². The van der Waals surface area contributed by atoms with E-state index >= 15 is 0 Å². The van der Waals surface area contributed by atoms with Gasteiger partial charge in [-0.3, -0.25) is 4.79 Å². The molecule has 0 radical (unpaired) electrons. The summed E-state index contributed by atoms with van der Waals surface area (Å²) in [4.78, 5) is 17.3. The molecule has 1 aromatic carbocycles. The van der Waals surface area contributed by atoms with Gasteiger partial charge in [-0.1, -0.05) is 41.6 Å². The lowest BCUT2D eigenvalue weighted by Gasteiger charge is -2.24. The van der Waals surface area contributed by atoms with Gasteiger partial charge in [0, 0.05) is 23.7 Å².